The Morgan fingerprint density at radius 2 is 1.96 bits per heavy atom. The first-order chi connectivity index (χ1) is 11.6. The Morgan fingerprint density at radius 1 is 1.17 bits per heavy atom. The van der Waals surface area contributed by atoms with E-state index in [1.54, 1.807) is 4.90 Å². The Morgan fingerprint density at radius 3 is 2.71 bits per heavy atom. The molecule has 1 aromatic rings. The number of rotatable bonds is 6. The summed E-state index contributed by atoms with van der Waals surface area (Å²) in [6.45, 7) is 3.50. The highest BCUT2D eigenvalue weighted by Crippen LogP contribution is 2.23. The van der Waals surface area contributed by atoms with Gasteiger partial charge in [-0.3, -0.25) is 14.5 Å². The largest absolute Gasteiger partial charge is 0.480 e. The van der Waals surface area contributed by atoms with Crippen LogP contribution < -0.4 is 10.2 Å². The van der Waals surface area contributed by atoms with Crippen molar-refractivity contribution in [3.05, 3.63) is 30.3 Å². The number of benzene rings is 1. The van der Waals surface area contributed by atoms with E-state index in [0.29, 0.717) is 25.4 Å². The van der Waals surface area contributed by atoms with E-state index in [0.717, 1.165) is 25.9 Å². The Bertz CT molecular complexity index is 578. The maximum atomic E-state index is 12.1. The summed E-state index contributed by atoms with van der Waals surface area (Å²) in [6, 6.07) is 9.82. The number of para-hydroxylation sites is 1. The second-order valence-corrected chi connectivity index (χ2v) is 6.71. The van der Waals surface area contributed by atoms with Crippen LogP contribution in [0, 0.1) is 5.92 Å². The standard InChI is InChI=1S/C18H25N3O3/c22-17(13-21-9-4-7-16(21)18(23)24)19-11-14-8-10-20(12-14)15-5-2-1-3-6-15/h1-3,5-6,14,16H,4,7-13H2,(H,19,22)(H,23,24)/t14-,16-/m1/s1. The van der Waals surface area contributed by atoms with Gasteiger partial charge in [0.2, 0.25) is 5.91 Å². The number of nitrogens with zero attached hydrogens (tertiary/aromatic N) is 2. The van der Waals surface area contributed by atoms with E-state index >= 15 is 0 Å². The Kier molecular flexibility index (Phi) is 5.35. The van der Waals surface area contributed by atoms with Gasteiger partial charge in [0.05, 0.1) is 6.54 Å². The number of carboxylic acid groups (broad SMARTS) is 1. The van der Waals surface area contributed by atoms with Gasteiger partial charge in [0.1, 0.15) is 6.04 Å². The number of nitrogens with one attached hydrogen (secondary N) is 1. The molecule has 0 spiro atoms. The fourth-order valence-corrected chi connectivity index (χ4v) is 3.67. The van der Waals surface area contributed by atoms with Gasteiger partial charge in [-0.2, -0.15) is 0 Å². The third-order valence-corrected chi connectivity index (χ3v) is 4.99. The number of amides is 1. The van der Waals surface area contributed by atoms with Gasteiger partial charge in [0.25, 0.3) is 0 Å². The molecule has 130 valence electrons. The van der Waals surface area contributed by atoms with Crippen molar-refractivity contribution in [1.82, 2.24) is 10.2 Å². The number of aliphatic carboxylic acids is 1. The van der Waals surface area contributed by atoms with Crippen molar-refractivity contribution >= 4 is 17.6 Å². The number of carboxylic acids is 1. The van der Waals surface area contributed by atoms with Gasteiger partial charge >= 0.3 is 5.97 Å². The SMILES string of the molecule is O=C(CN1CCC[C@@H]1C(=O)O)NC[C@H]1CCN(c2ccccc2)C1. The van der Waals surface area contributed by atoms with Crippen molar-refractivity contribution in [2.24, 2.45) is 5.92 Å². The smallest absolute Gasteiger partial charge is 0.320 e. The number of anilines is 1. The summed E-state index contributed by atoms with van der Waals surface area (Å²) in [4.78, 5) is 27.4. The van der Waals surface area contributed by atoms with Crippen molar-refractivity contribution in [2.75, 3.05) is 37.6 Å². The number of carbonyl (C=O) groups excluding carboxylic acids is 1. The summed E-state index contributed by atoms with van der Waals surface area (Å²) in [5, 5.41) is 12.1. The lowest BCUT2D eigenvalue weighted by Crippen LogP contribution is -2.44. The first kappa shape index (κ1) is 16.8. The van der Waals surface area contributed by atoms with E-state index in [4.69, 9.17) is 5.11 Å². The van der Waals surface area contributed by atoms with E-state index in [2.05, 4.69) is 22.3 Å². The van der Waals surface area contributed by atoms with Crippen molar-refractivity contribution in [2.45, 2.75) is 25.3 Å². The van der Waals surface area contributed by atoms with Gasteiger partial charge in [-0.25, -0.2) is 0 Å². The van der Waals surface area contributed by atoms with Gasteiger partial charge < -0.3 is 15.3 Å². The van der Waals surface area contributed by atoms with Crippen molar-refractivity contribution in [3.8, 4) is 0 Å². The van der Waals surface area contributed by atoms with Crippen LogP contribution in [0.4, 0.5) is 5.69 Å². The monoisotopic (exact) mass is 331 g/mol. The zero-order valence-corrected chi connectivity index (χ0v) is 13.9. The molecule has 3 rings (SSSR count). The third-order valence-electron chi connectivity index (χ3n) is 4.99. The molecule has 0 saturated carbocycles. The van der Waals surface area contributed by atoms with E-state index in [1.165, 1.54) is 5.69 Å². The molecule has 0 radical (unpaired) electrons. The average Bonchev–Trinajstić information content (AvgIpc) is 3.23. The van der Waals surface area contributed by atoms with Crippen LogP contribution in [0.25, 0.3) is 0 Å². The molecule has 6 nitrogen and oxygen atoms in total. The number of likely N-dealkylation sites (tertiary alicyclic amines) is 1. The van der Waals surface area contributed by atoms with Gasteiger partial charge in [-0.05, 0) is 43.9 Å². The van der Waals surface area contributed by atoms with Gasteiger partial charge in [0.15, 0.2) is 0 Å². The number of hydrogen-bond donors (Lipinski definition) is 2. The van der Waals surface area contributed by atoms with Crippen LogP contribution in [-0.4, -0.2) is 60.6 Å². The summed E-state index contributed by atoms with van der Waals surface area (Å²) in [5.41, 5.74) is 1.23. The van der Waals surface area contributed by atoms with Crippen molar-refractivity contribution in [1.29, 1.82) is 0 Å². The van der Waals surface area contributed by atoms with E-state index in [-0.39, 0.29) is 12.5 Å². The topological polar surface area (TPSA) is 72.9 Å². The van der Waals surface area contributed by atoms with Crippen LogP contribution >= 0.6 is 0 Å². The van der Waals surface area contributed by atoms with Crippen molar-refractivity contribution in [3.63, 3.8) is 0 Å². The van der Waals surface area contributed by atoms with Crippen LogP contribution in [0.15, 0.2) is 30.3 Å². The Hall–Kier alpha value is -2.08. The second-order valence-electron chi connectivity index (χ2n) is 6.71. The quantitative estimate of drug-likeness (QED) is 0.819. The minimum absolute atomic E-state index is 0.0682. The molecule has 2 atom stereocenters. The molecule has 24 heavy (non-hydrogen) atoms. The maximum absolute atomic E-state index is 12.1. The van der Waals surface area contributed by atoms with Crippen LogP contribution in [-0.2, 0) is 9.59 Å². The first-order valence-corrected chi connectivity index (χ1v) is 8.67. The molecule has 2 heterocycles. The second kappa shape index (κ2) is 7.66. The van der Waals surface area contributed by atoms with Crippen LogP contribution in [0.2, 0.25) is 0 Å². The normalized spacial score (nSPS) is 24.2. The summed E-state index contributed by atoms with van der Waals surface area (Å²) in [7, 11) is 0. The zero-order chi connectivity index (χ0) is 16.9. The fraction of sp³-hybridized carbons (Fsp3) is 0.556. The highest BCUT2D eigenvalue weighted by molar-refractivity contribution is 5.80. The molecule has 0 aromatic heterocycles. The first-order valence-electron chi connectivity index (χ1n) is 8.67. The summed E-state index contributed by atoms with van der Waals surface area (Å²) < 4.78 is 0. The average molecular weight is 331 g/mol. The molecule has 2 saturated heterocycles. The lowest BCUT2D eigenvalue weighted by molar-refractivity contribution is -0.142. The predicted molar refractivity (Wildman–Crippen MR) is 92.0 cm³/mol. The molecular formula is C18H25N3O3. The molecule has 0 bridgehead atoms. The Labute approximate surface area is 142 Å². The molecule has 0 aliphatic carbocycles. The van der Waals surface area contributed by atoms with Crippen molar-refractivity contribution < 1.29 is 14.7 Å². The predicted octanol–water partition coefficient (Wildman–Crippen LogP) is 1.18. The highest BCUT2D eigenvalue weighted by atomic mass is 16.4. The minimum Gasteiger partial charge on any atom is -0.480 e. The number of hydrogen-bond acceptors (Lipinski definition) is 4. The van der Waals surface area contributed by atoms with Crippen LogP contribution in [0.5, 0.6) is 0 Å². The molecule has 0 unspecified atom stereocenters. The molecule has 2 aliphatic heterocycles. The van der Waals surface area contributed by atoms with E-state index in [1.807, 2.05) is 18.2 Å². The molecular weight excluding hydrogens is 306 g/mol. The molecule has 1 aromatic carbocycles. The molecule has 6 heteroatoms. The molecule has 2 fully saturated rings. The van der Waals surface area contributed by atoms with Crippen LogP contribution in [0.1, 0.15) is 19.3 Å². The fourth-order valence-electron chi connectivity index (χ4n) is 3.67. The van der Waals surface area contributed by atoms with Crippen LogP contribution in [0.3, 0.4) is 0 Å². The zero-order valence-electron chi connectivity index (χ0n) is 13.9. The highest BCUT2D eigenvalue weighted by Gasteiger charge is 2.31. The van der Waals surface area contributed by atoms with E-state index in [9.17, 15) is 9.59 Å². The third kappa shape index (κ3) is 4.06. The lowest BCUT2D eigenvalue weighted by atomic mass is 10.1. The Balaban J connectivity index is 1.42. The lowest BCUT2D eigenvalue weighted by Gasteiger charge is -2.21. The minimum atomic E-state index is -0.824. The van der Waals surface area contributed by atoms with Gasteiger partial charge in [0, 0.05) is 25.3 Å². The van der Waals surface area contributed by atoms with Gasteiger partial charge in [-0.1, -0.05) is 18.2 Å². The summed E-state index contributed by atoms with van der Waals surface area (Å²) >= 11 is 0. The molecule has 2 N–H and O–H groups in total. The van der Waals surface area contributed by atoms with E-state index < -0.39 is 12.0 Å². The molecule has 1 amide bonds. The summed E-state index contributed by atoms with van der Waals surface area (Å²) in [5.74, 6) is -0.445. The maximum Gasteiger partial charge on any atom is 0.320 e. The number of carbonyl (C=O) groups is 2. The molecule has 2 aliphatic rings. The van der Waals surface area contributed by atoms with Gasteiger partial charge in [-0.15, -0.1) is 0 Å². The summed E-state index contributed by atoms with van der Waals surface area (Å²) in [6.07, 6.45) is 2.55.